The summed E-state index contributed by atoms with van der Waals surface area (Å²) in [7, 11) is 0. The highest BCUT2D eigenvalue weighted by Gasteiger charge is 2.19. The van der Waals surface area contributed by atoms with Crippen LogP contribution in [0.4, 0.5) is 0 Å². The summed E-state index contributed by atoms with van der Waals surface area (Å²) in [6, 6.07) is 5.56. The third-order valence-corrected chi connectivity index (χ3v) is 4.38. The van der Waals surface area contributed by atoms with Crippen LogP contribution in [0.5, 0.6) is 0 Å². The first-order valence-electron chi connectivity index (χ1n) is 7.36. The highest BCUT2D eigenvalue weighted by Crippen LogP contribution is 2.26. The van der Waals surface area contributed by atoms with Crippen LogP contribution in [-0.2, 0) is 9.53 Å². The topological polar surface area (TPSA) is 81.2 Å². The number of amides is 1. The lowest BCUT2D eigenvalue weighted by Crippen LogP contribution is -2.35. The second-order valence-corrected chi connectivity index (χ2v) is 6.10. The van der Waals surface area contributed by atoms with Crippen LogP contribution in [0.25, 0.3) is 10.7 Å². The number of nitrogens with one attached hydrogen (secondary N) is 1. The molecule has 2 rings (SSSR count). The minimum absolute atomic E-state index is 0.0575. The van der Waals surface area contributed by atoms with E-state index in [2.05, 4.69) is 15.3 Å². The zero-order valence-corrected chi connectivity index (χ0v) is 14.1. The van der Waals surface area contributed by atoms with Gasteiger partial charge in [-0.25, -0.2) is 9.78 Å². The molecule has 0 spiro atoms. The Balaban J connectivity index is 2.00. The van der Waals surface area contributed by atoms with Gasteiger partial charge in [0, 0.05) is 12.2 Å². The molecule has 0 fully saturated rings. The van der Waals surface area contributed by atoms with Crippen molar-refractivity contribution in [2.75, 3.05) is 6.61 Å². The Bertz CT molecular complexity index is 685. The van der Waals surface area contributed by atoms with Gasteiger partial charge in [-0.15, -0.1) is 11.3 Å². The molecule has 0 unspecified atom stereocenters. The molecule has 1 atom stereocenters. The third kappa shape index (κ3) is 4.59. The molecule has 0 saturated carbocycles. The molecule has 0 aromatic carbocycles. The van der Waals surface area contributed by atoms with Crippen LogP contribution in [0.15, 0.2) is 24.4 Å². The van der Waals surface area contributed by atoms with Crippen molar-refractivity contribution in [3.8, 4) is 10.7 Å². The minimum Gasteiger partial charge on any atom is -0.451 e. The van der Waals surface area contributed by atoms with Gasteiger partial charge < -0.3 is 10.1 Å². The van der Waals surface area contributed by atoms with Crippen molar-refractivity contribution in [1.82, 2.24) is 15.3 Å². The molecule has 23 heavy (non-hydrogen) atoms. The first-order chi connectivity index (χ1) is 11.0. The molecular formula is C16H19N3O3S. The number of thiazole rings is 1. The monoisotopic (exact) mass is 333 g/mol. The maximum atomic E-state index is 12.1. The van der Waals surface area contributed by atoms with E-state index >= 15 is 0 Å². The fraction of sp³-hybridized carbons (Fsp3) is 0.375. The van der Waals surface area contributed by atoms with E-state index in [0.717, 1.165) is 6.42 Å². The van der Waals surface area contributed by atoms with Crippen LogP contribution < -0.4 is 5.32 Å². The van der Waals surface area contributed by atoms with Gasteiger partial charge in [-0.2, -0.15) is 0 Å². The van der Waals surface area contributed by atoms with E-state index in [1.807, 2.05) is 32.0 Å². The number of pyridine rings is 1. The Morgan fingerprint density at radius 2 is 2.17 bits per heavy atom. The number of aromatic nitrogens is 2. The van der Waals surface area contributed by atoms with E-state index in [-0.39, 0.29) is 18.6 Å². The summed E-state index contributed by atoms with van der Waals surface area (Å²) in [5.74, 6) is -0.846. The lowest BCUT2D eigenvalue weighted by atomic mass is 10.2. The number of hydrogen-bond donors (Lipinski definition) is 1. The van der Waals surface area contributed by atoms with Crippen LogP contribution in [0, 0.1) is 6.92 Å². The van der Waals surface area contributed by atoms with Crippen molar-refractivity contribution >= 4 is 23.2 Å². The van der Waals surface area contributed by atoms with Crippen LogP contribution in [0.3, 0.4) is 0 Å². The smallest absolute Gasteiger partial charge is 0.350 e. The van der Waals surface area contributed by atoms with Crippen molar-refractivity contribution < 1.29 is 14.3 Å². The summed E-state index contributed by atoms with van der Waals surface area (Å²) in [5, 5.41) is 3.40. The van der Waals surface area contributed by atoms with Gasteiger partial charge in [-0.1, -0.05) is 13.0 Å². The Morgan fingerprint density at radius 3 is 2.83 bits per heavy atom. The standard InChI is InChI=1S/C16H19N3O3S/c1-4-10(2)18-13(20)9-22-16(21)14-11(3)19-15(23-14)12-7-5-6-8-17-12/h5-8,10H,4,9H2,1-3H3,(H,18,20)/t10-/m0/s1. The molecule has 1 N–H and O–H groups in total. The van der Waals surface area contributed by atoms with E-state index in [9.17, 15) is 9.59 Å². The molecule has 2 heterocycles. The molecule has 0 aliphatic heterocycles. The number of carbonyl (C=O) groups excluding carboxylic acids is 2. The predicted molar refractivity (Wildman–Crippen MR) is 88.3 cm³/mol. The van der Waals surface area contributed by atoms with Crippen LogP contribution >= 0.6 is 11.3 Å². The first kappa shape index (κ1) is 17.1. The number of ether oxygens (including phenoxy) is 1. The van der Waals surface area contributed by atoms with E-state index in [1.165, 1.54) is 11.3 Å². The highest BCUT2D eigenvalue weighted by molar-refractivity contribution is 7.17. The van der Waals surface area contributed by atoms with Crippen molar-refractivity contribution in [1.29, 1.82) is 0 Å². The van der Waals surface area contributed by atoms with Crippen molar-refractivity contribution in [3.05, 3.63) is 35.0 Å². The summed E-state index contributed by atoms with van der Waals surface area (Å²) < 4.78 is 5.06. The van der Waals surface area contributed by atoms with Crippen LogP contribution in [0.2, 0.25) is 0 Å². The molecule has 0 saturated heterocycles. The molecule has 0 bridgehead atoms. The predicted octanol–water partition coefficient (Wildman–Crippen LogP) is 2.59. The zero-order valence-electron chi connectivity index (χ0n) is 13.3. The summed E-state index contributed by atoms with van der Waals surface area (Å²) in [5.41, 5.74) is 1.28. The Kier molecular flexibility index (Phi) is 5.81. The largest absolute Gasteiger partial charge is 0.451 e. The normalized spacial score (nSPS) is 11.8. The summed E-state index contributed by atoms with van der Waals surface area (Å²) >= 11 is 1.21. The van der Waals surface area contributed by atoms with Gasteiger partial charge in [-0.3, -0.25) is 9.78 Å². The first-order valence-corrected chi connectivity index (χ1v) is 8.18. The maximum Gasteiger partial charge on any atom is 0.350 e. The van der Waals surface area contributed by atoms with Gasteiger partial charge >= 0.3 is 5.97 Å². The number of carbonyl (C=O) groups is 2. The van der Waals surface area contributed by atoms with Gasteiger partial charge in [0.1, 0.15) is 9.88 Å². The molecule has 6 nitrogen and oxygen atoms in total. The lowest BCUT2D eigenvalue weighted by molar-refractivity contribution is -0.124. The number of esters is 1. The Labute approximate surface area is 138 Å². The van der Waals surface area contributed by atoms with E-state index in [0.29, 0.717) is 21.3 Å². The molecular weight excluding hydrogens is 314 g/mol. The van der Waals surface area contributed by atoms with Gasteiger partial charge in [-0.05, 0) is 32.4 Å². The number of hydrogen-bond acceptors (Lipinski definition) is 6. The van der Waals surface area contributed by atoms with Crippen molar-refractivity contribution in [2.24, 2.45) is 0 Å². The van der Waals surface area contributed by atoms with Crippen molar-refractivity contribution in [3.63, 3.8) is 0 Å². The summed E-state index contributed by atoms with van der Waals surface area (Å²) in [6.45, 7) is 5.31. The second-order valence-electron chi connectivity index (χ2n) is 5.10. The molecule has 0 radical (unpaired) electrons. The molecule has 2 aromatic rings. The van der Waals surface area contributed by atoms with E-state index < -0.39 is 5.97 Å². The molecule has 2 aromatic heterocycles. The number of aryl methyl sites for hydroxylation is 1. The molecule has 0 aliphatic carbocycles. The highest BCUT2D eigenvalue weighted by atomic mass is 32.1. The van der Waals surface area contributed by atoms with Gasteiger partial charge in [0.05, 0.1) is 11.4 Å². The Hall–Kier alpha value is -2.28. The van der Waals surface area contributed by atoms with Gasteiger partial charge in [0.2, 0.25) is 0 Å². The molecule has 1 amide bonds. The van der Waals surface area contributed by atoms with E-state index in [4.69, 9.17) is 4.74 Å². The second kappa shape index (κ2) is 7.82. The molecule has 7 heteroatoms. The quantitative estimate of drug-likeness (QED) is 0.822. The SMILES string of the molecule is CC[C@H](C)NC(=O)COC(=O)c1sc(-c2ccccn2)nc1C. The lowest BCUT2D eigenvalue weighted by Gasteiger charge is -2.11. The maximum absolute atomic E-state index is 12.1. The minimum atomic E-state index is -0.540. The summed E-state index contributed by atoms with van der Waals surface area (Å²) in [4.78, 5) is 32.7. The number of nitrogens with zero attached hydrogens (tertiary/aromatic N) is 2. The average molecular weight is 333 g/mol. The molecule has 0 aliphatic rings. The Morgan fingerprint density at radius 1 is 1.39 bits per heavy atom. The van der Waals surface area contributed by atoms with Gasteiger partial charge in [0.25, 0.3) is 5.91 Å². The fourth-order valence-corrected chi connectivity index (χ4v) is 2.74. The van der Waals surface area contributed by atoms with Crippen molar-refractivity contribution in [2.45, 2.75) is 33.2 Å². The molecule has 122 valence electrons. The van der Waals surface area contributed by atoms with Crippen LogP contribution in [-0.4, -0.2) is 34.5 Å². The average Bonchev–Trinajstić information content (AvgIpc) is 2.95. The fourth-order valence-electron chi connectivity index (χ4n) is 1.80. The van der Waals surface area contributed by atoms with Gasteiger partial charge in [0.15, 0.2) is 6.61 Å². The number of rotatable bonds is 6. The zero-order chi connectivity index (χ0) is 16.8. The third-order valence-electron chi connectivity index (χ3n) is 3.22. The van der Waals surface area contributed by atoms with Crippen LogP contribution in [0.1, 0.15) is 35.6 Å². The summed E-state index contributed by atoms with van der Waals surface area (Å²) in [6.07, 6.45) is 2.49. The van der Waals surface area contributed by atoms with E-state index in [1.54, 1.807) is 13.1 Å².